The average Bonchev–Trinajstić information content (AvgIpc) is 3.87. The molecule has 2 saturated heterocycles. The summed E-state index contributed by atoms with van der Waals surface area (Å²) in [4.78, 5) is 4.63. The van der Waals surface area contributed by atoms with E-state index in [4.69, 9.17) is 18.6 Å². The van der Waals surface area contributed by atoms with E-state index in [1.807, 2.05) is 0 Å². The maximum Gasteiger partial charge on any atom is 0.494 e. The zero-order valence-corrected chi connectivity index (χ0v) is 40.8. The highest BCUT2D eigenvalue weighted by atomic mass is 16.7. The summed E-state index contributed by atoms with van der Waals surface area (Å²) in [6.07, 6.45) is 0. The highest BCUT2D eigenvalue weighted by Crippen LogP contribution is 2.57. The molecule has 8 aromatic rings. The van der Waals surface area contributed by atoms with Gasteiger partial charge in [0.05, 0.1) is 27.8 Å². The fourth-order valence-corrected chi connectivity index (χ4v) is 10.3. The van der Waals surface area contributed by atoms with Crippen LogP contribution in [-0.2, 0) is 24.0 Å². The number of hydrogen-bond acceptors (Lipinski definition) is 6. The van der Waals surface area contributed by atoms with Crippen LogP contribution in [0.3, 0.4) is 0 Å². The summed E-state index contributed by atoms with van der Waals surface area (Å²) < 4.78 is 27.1. The summed E-state index contributed by atoms with van der Waals surface area (Å²) in [6, 6.07) is 74.3. The van der Waals surface area contributed by atoms with E-state index in [0.29, 0.717) is 0 Å². The summed E-state index contributed by atoms with van der Waals surface area (Å²) >= 11 is 0. The number of anilines is 6. The Kier molecular flexibility index (Phi) is 10.9. The second-order valence-corrected chi connectivity index (χ2v) is 20.6. The zero-order chi connectivity index (χ0) is 47.8. The number of rotatable bonds is 10. The van der Waals surface area contributed by atoms with Crippen LogP contribution < -0.4 is 20.7 Å². The standard InChI is InChI=1S/C61H58B2N2O4/c1-57(2)58(3,4)67-62(66-57)45-33-39-53-54-40-34-46(63-68-59(5,6)60(7,8)69-63)42-56(54)61(55(53)41-45,43-29-35-51(36-30-43)64(47-21-13-9-14-22-47)48-23-15-10-16-24-48)44-31-37-52(38-32-44)65(49-25-17-11-18-26-49)50-27-19-12-20-28-50/h9-42H,1-8H3. The topological polar surface area (TPSA) is 43.4 Å². The third-order valence-electron chi connectivity index (χ3n) is 15.4. The molecule has 0 saturated carbocycles. The van der Waals surface area contributed by atoms with Gasteiger partial charge in [-0.3, -0.25) is 0 Å². The van der Waals surface area contributed by atoms with Crippen molar-refractivity contribution in [3.63, 3.8) is 0 Å². The Hall–Kier alpha value is -6.67. The van der Waals surface area contributed by atoms with E-state index < -0.39 is 42.1 Å². The molecular weight excluding hydrogens is 846 g/mol. The van der Waals surface area contributed by atoms with Gasteiger partial charge in [-0.25, -0.2) is 0 Å². The maximum absolute atomic E-state index is 6.78. The Balaban J connectivity index is 1.15. The van der Waals surface area contributed by atoms with Crippen LogP contribution in [0.25, 0.3) is 11.1 Å². The predicted molar refractivity (Wildman–Crippen MR) is 285 cm³/mol. The summed E-state index contributed by atoms with van der Waals surface area (Å²) in [7, 11) is -1.11. The number of nitrogens with zero attached hydrogens (tertiary/aromatic N) is 2. The molecule has 0 N–H and O–H groups in total. The third kappa shape index (κ3) is 7.53. The minimum Gasteiger partial charge on any atom is -0.399 e. The number of benzene rings is 8. The molecule has 0 amide bonds. The molecule has 3 aliphatic rings. The van der Waals surface area contributed by atoms with Crippen LogP contribution in [0.15, 0.2) is 206 Å². The molecule has 8 heteroatoms. The van der Waals surface area contributed by atoms with E-state index >= 15 is 0 Å². The quantitative estimate of drug-likeness (QED) is 0.127. The van der Waals surface area contributed by atoms with Gasteiger partial charge in [0.1, 0.15) is 0 Å². The van der Waals surface area contributed by atoms with Gasteiger partial charge in [-0.15, -0.1) is 0 Å². The van der Waals surface area contributed by atoms with Gasteiger partial charge >= 0.3 is 14.2 Å². The smallest absolute Gasteiger partial charge is 0.399 e. The van der Waals surface area contributed by atoms with Crippen molar-refractivity contribution in [2.45, 2.75) is 83.2 Å². The predicted octanol–water partition coefficient (Wildman–Crippen LogP) is 13.6. The van der Waals surface area contributed by atoms with E-state index in [-0.39, 0.29) is 0 Å². The van der Waals surface area contributed by atoms with Gasteiger partial charge in [0.25, 0.3) is 0 Å². The SMILES string of the molecule is CC1(C)OB(c2ccc3c(c2)C(c2ccc(N(c4ccccc4)c4ccccc4)cc2)(c2ccc(N(c4ccccc4)c4ccccc4)cc2)c2cc(B4OC(C)(C)C(C)(C)O4)ccc2-3)OC1(C)C. The second-order valence-electron chi connectivity index (χ2n) is 20.6. The lowest BCUT2D eigenvalue weighted by Gasteiger charge is -2.35. The first-order valence-corrected chi connectivity index (χ1v) is 24.2. The van der Waals surface area contributed by atoms with Crippen LogP contribution in [0.2, 0.25) is 0 Å². The van der Waals surface area contributed by atoms with Gasteiger partial charge in [-0.05, 0) is 172 Å². The molecule has 0 unspecified atom stereocenters. The summed E-state index contributed by atoms with van der Waals surface area (Å²) in [6.45, 7) is 16.9. The lowest BCUT2D eigenvalue weighted by Crippen LogP contribution is -2.41. The van der Waals surface area contributed by atoms with E-state index in [9.17, 15) is 0 Å². The average molecular weight is 905 g/mol. The van der Waals surface area contributed by atoms with Crippen LogP contribution in [-0.4, -0.2) is 36.6 Å². The van der Waals surface area contributed by atoms with Crippen molar-refractivity contribution in [2.75, 3.05) is 9.80 Å². The number of para-hydroxylation sites is 4. The van der Waals surface area contributed by atoms with Gasteiger partial charge in [-0.1, -0.05) is 133 Å². The minimum absolute atomic E-state index is 0.507. The highest BCUT2D eigenvalue weighted by molar-refractivity contribution is 6.62. The van der Waals surface area contributed by atoms with Crippen molar-refractivity contribution in [3.05, 3.63) is 229 Å². The van der Waals surface area contributed by atoms with E-state index in [2.05, 4.69) is 271 Å². The van der Waals surface area contributed by atoms with Crippen molar-refractivity contribution in [3.8, 4) is 11.1 Å². The molecule has 0 bridgehead atoms. The van der Waals surface area contributed by atoms with Crippen molar-refractivity contribution in [2.24, 2.45) is 0 Å². The third-order valence-corrected chi connectivity index (χ3v) is 15.4. The van der Waals surface area contributed by atoms with Gasteiger partial charge in [0, 0.05) is 34.1 Å². The first kappa shape index (κ1) is 44.8. The molecule has 0 radical (unpaired) electrons. The molecule has 0 aromatic heterocycles. The molecule has 0 spiro atoms. The van der Waals surface area contributed by atoms with Gasteiger partial charge < -0.3 is 28.4 Å². The Morgan fingerprint density at radius 1 is 0.304 bits per heavy atom. The lowest BCUT2D eigenvalue weighted by atomic mass is 9.65. The molecule has 342 valence electrons. The first-order valence-electron chi connectivity index (χ1n) is 24.2. The van der Waals surface area contributed by atoms with Gasteiger partial charge in [-0.2, -0.15) is 0 Å². The zero-order valence-electron chi connectivity index (χ0n) is 40.8. The fraction of sp³-hybridized carbons (Fsp3) is 0.213. The second kappa shape index (κ2) is 16.8. The van der Waals surface area contributed by atoms with Crippen LogP contribution in [0.1, 0.15) is 77.6 Å². The summed E-state index contributed by atoms with van der Waals surface area (Å²) in [5.41, 5.74) is 12.4. The Morgan fingerprint density at radius 3 is 0.841 bits per heavy atom. The van der Waals surface area contributed by atoms with E-state index in [1.165, 1.54) is 0 Å². The summed E-state index contributed by atoms with van der Waals surface area (Å²) in [5.74, 6) is 0. The number of fused-ring (bicyclic) bond motifs is 3. The van der Waals surface area contributed by atoms with E-state index in [1.54, 1.807) is 0 Å². The molecular formula is C61H58B2N2O4. The van der Waals surface area contributed by atoms with Gasteiger partial charge in [0.15, 0.2) is 0 Å². The van der Waals surface area contributed by atoms with Crippen molar-refractivity contribution in [1.29, 1.82) is 0 Å². The van der Waals surface area contributed by atoms with Crippen LogP contribution in [0, 0.1) is 0 Å². The molecule has 2 fully saturated rings. The van der Waals surface area contributed by atoms with Crippen molar-refractivity contribution >= 4 is 59.3 Å². The Bertz CT molecular complexity index is 2800. The highest BCUT2D eigenvalue weighted by Gasteiger charge is 2.55. The molecule has 1 aliphatic carbocycles. The summed E-state index contributed by atoms with van der Waals surface area (Å²) in [5, 5.41) is 0. The lowest BCUT2D eigenvalue weighted by molar-refractivity contribution is 0.00578. The maximum atomic E-state index is 6.78. The van der Waals surface area contributed by atoms with Crippen molar-refractivity contribution < 1.29 is 18.6 Å². The first-order chi connectivity index (χ1) is 33.2. The fourth-order valence-electron chi connectivity index (χ4n) is 10.3. The van der Waals surface area contributed by atoms with Crippen LogP contribution >= 0.6 is 0 Å². The van der Waals surface area contributed by atoms with Crippen molar-refractivity contribution in [1.82, 2.24) is 0 Å². The largest absolute Gasteiger partial charge is 0.494 e. The molecule has 2 heterocycles. The normalized spacial score (nSPS) is 17.9. The molecule has 69 heavy (non-hydrogen) atoms. The minimum atomic E-state index is -0.810. The van der Waals surface area contributed by atoms with Crippen LogP contribution in [0.4, 0.5) is 34.1 Å². The molecule has 2 aliphatic heterocycles. The van der Waals surface area contributed by atoms with Gasteiger partial charge in [0.2, 0.25) is 0 Å². The Morgan fingerprint density at radius 2 is 0.565 bits per heavy atom. The Labute approximate surface area is 408 Å². The van der Waals surface area contributed by atoms with E-state index in [0.717, 1.165) is 78.4 Å². The molecule has 0 atom stereocenters. The van der Waals surface area contributed by atoms with Crippen LogP contribution in [0.5, 0.6) is 0 Å². The molecule has 11 rings (SSSR count). The number of hydrogen-bond donors (Lipinski definition) is 0. The molecule has 8 aromatic carbocycles. The monoisotopic (exact) mass is 904 g/mol. The molecule has 6 nitrogen and oxygen atoms in total.